The highest BCUT2D eigenvalue weighted by molar-refractivity contribution is 8.00. The number of nitrogens with zero attached hydrogens (tertiary/aromatic N) is 4. The fraction of sp³-hybridized carbons (Fsp3) is 0.211. The Labute approximate surface area is 166 Å². The van der Waals surface area contributed by atoms with E-state index >= 15 is 0 Å². The van der Waals surface area contributed by atoms with Crippen molar-refractivity contribution in [3.05, 3.63) is 65.7 Å². The summed E-state index contributed by atoms with van der Waals surface area (Å²) in [4.78, 5) is 24.6. The Bertz CT molecular complexity index is 943. The number of hydrogen-bond donors (Lipinski definition) is 2. The van der Waals surface area contributed by atoms with Gasteiger partial charge in [0.05, 0.1) is 5.69 Å². The Hall–Kier alpha value is -3.20. The number of tetrazole rings is 1. The second kappa shape index (κ2) is 9.14. The molecule has 8 nitrogen and oxygen atoms in total. The fourth-order valence-electron chi connectivity index (χ4n) is 2.49. The summed E-state index contributed by atoms with van der Waals surface area (Å²) in [6.07, 6.45) is 0. The second-order valence-corrected chi connectivity index (χ2v) is 7.04. The number of imide groups is 1. The van der Waals surface area contributed by atoms with Crippen LogP contribution in [0.5, 0.6) is 0 Å². The van der Waals surface area contributed by atoms with Gasteiger partial charge in [-0.2, -0.15) is 4.68 Å². The van der Waals surface area contributed by atoms with Crippen LogP contribution in [0.1, 0.15) is 23.3 Å². The van der Waals surface area contributed by atoms with Gasteiger partial charge in [-0.1, -0.05) is 59.8 Å². The number of thioether (sulfide) groups is 1. The molecule has 0 unspecified atom stereocenters. The normalized spacial score (nSPS) is 11.6. The zero-order valence-corrected chi connectivity index (χ0v) is 16.3. The van der Waals surface area contributed by atoms with Gasteiger partial charge in [-0.05, 0) is 42.0 Å². The van der Waals surface area contributed by atoms with Crippen LogP contribution in [0.15, 0.2) is 59.8 Å². The van der Waals surface area contributed by atoms with Gasteiger partial charge in [0.1, 0.15) is 5.25 Å². The quantitative estimate of drug-likeness (QED) is 0.621. The Morgan fingerprint density at radius 1 is 1.11 bits per heavy atom. The van der Waals surface area contributed by atoms with E-state index in [2.05, 4.69) is 26.2 Å². The summed E-state index contributed by atoms with van der Waals surface area (Å²) in [5, 5.41) is 16.5. The number of carbonyl (C=O) groups excluding carboxylic acids is 2. The SMILES string of the molecule is CCNC(=O)NC(=O)[C@H](Sc1nnnn1-c1ccc(C)cc1)c1ccccc1. The third kappa shape index (κ3) is 4.74. The van der Waals surface area contributed by atoms with Crippen molar-refractivity contribution in [2.75, 3.05) is 6.54 Å². The molecule has 0 bridgehead atoms. The van der Waals surface area contributed by atoms with Gasteiger partial charge in [0, 0.05) is 6.54 Å². The Kier molecular flexibility index (Phi) is 6.38. The smallest absolute Gasteiger partial charge is 0.321 e. The van der Waals surface area contributed by atoms with Crippen LogP contribution in [-0.2, 0) is 4.79 Å². The molecule has 0 saturated carbocycles. The Morgan fingerprint density at radius 2 is 1.82 bits per heavy atom. The van der Waals surface area contributed by atoms with Crippen molar-refractivity contribution in [3.63, 3.8) is 0 Å². The highest BCUT2D eigenvalue weighted by atomic mass is 32.2. The molecule has 3 aromatic rings. The third-order valence-corrected chi connectivity index (χ3v) is 5.04. The number of aryl methyl sites for hydroxylation is 1. The maximum absolute atomic E-state index is 12.8. The van der Waals surface area contributed by atoms with Gasteiger partial charge in [0.25, 0.3) is 0 Å². The molecule has 1 heterocycles. The van der Waals surface area contributed by atoms with Crippen LogP contribution in [-0.4, -0.2) is 38.7 Å². The maximum Gasteiger partial charge on any atom is 0.321 e. The van der Waals surface area contributed by atoms with Gasteiger partial charge in [0.2, 0.25) is 11.1 Å². The van der Waals surface area contributed by atoms with Gasteiger partial charge in [-0.3, -0.25) is 10.1 Å². The topological polar surface area (TPSA) is 102 Å². The van der Waals surface area contributed by atoms with Crippen LogP contribution in [0.25, 0.3) is 5.69 Å². The van der Waals surface area contributed by atoms with E-state index in [0.29, 0.717) is 11.7 Å². The van der Waals surface area contributed by atoms with E-state index in [4.69, 9.17) is 0 Å². The summed E-state index contributed by atoms with van der Waals surface area (Å²) in [6, 6.07) is 16.4. The number of urea groups is 1. The van der Waals surface area contributed by atoms with E-state index in [1.165, 1.54) is 11.8 Å². The van der Waals surface area contributed by atoms with Crippen LogP contribution in [0.4, 0.5) is 4.79 Å². The summed E-state index contributed by atoms with van der Waals surface area (Å²) in [5.41, 5.74) is 2.65. The van der Waals surface area contributed by atoms with Crippen molar-refractivity contribution in [2.45, 2.75) is 24.3 Å². The minimum atomic E-state index is -0.695. The van der Waals surface area contributed by atoms with Crippen LogP contribution in [0, 0.1) is 6.92 Å². The Balaban J connectivity index is 1.88. The highest BCUT2D eigenvalue weighted by Crippen LogP contribution is 2.34. The molecule has 0 aliphatic heterocycles. The van der Waals surface area contributed by atoms with Gasteiger partial charge in [0.15, 0.2) is 0 Å². The van der Waals surface area contributed by atoms with E-state index in [-0.39, 0.29) is 0 Å². The molecule has 28 heavy (non-hydrogen) atoms. The average Bonchev–Trinajstić information content (AvgIpc) is 3.15. The summed E-state index contributed by atoms with van der Waals surface area (Å²) < 4.78 is 1.57. The van der Waals surface area contributed by atoms with Gasteiger partial charge < -0.3 is 5.32 Å². The highest BCUT2D eigenvalue weighted by Gasteiger charge is 2.26. The van der Waals surface area contributed by atoms with E-state index in [1.807, 2.05) is 61.5 Å². The number of nitrogens with one attached hydrogen (secondary N) is 2. The Morgan fingerprint density at radius 3 is 2.50 bits per heavy atom. The van der Waals surface area contributed by atoms with Crippen LogP contribution >= 0.6 is 11.8 Å². The lowest BCUT2D eigenvalue weighted by atomic mass is 10.1. The zero-order valence-electron chi connectivity index (χ0n) is 15.5. The monoisotopic (exact) mass is 396 g/mol. The molecule has 3 amide bonds. The molecule has 0 fully saturated rings. The molecule has 0 saturated heterocycles. The molecule has 144 valence electrons. The predicted octanol–water partition coefficient (Wildman–Crippen LogP) is 2.65. The van der Waals surface area contributed by atoms with E-state index < -0.39 is 17.2 Å². The number of rotatable bonds is 6. The van der Waals surface area contributed by atoms with Gasteiger partial charge >= 0.3 is 6.03 Å². The minimum Gasteiger partial charge on any atom is -0.338 e. The number of carbonyl (C=O) groups is 2. The lowest BCUT2D eigenvalue weighted by Gasteiger charge is -2.16. The molecule has 9 heteroatoms. The van der Waals surface area contributed by atoms with E-state index in [9.17, 15) is 9.59 Å². The first kappa shape index (κ1) is 19.6. The van der Waals surface area contributed by atoms with Gasteiger partial charge in [-0.25, -0.2) is 4.79 Å². The number of hydrogen-bond acceptors (Lipinski definition) is 6. The largest absolute Gasteiger partial charge is 0.338 e. The van der Waals surface area contributed by atoms with Crippen molar-refractivity contribution < 1.29 is 9.59 Å². The van der Waals surface area contributed by atoms with E-state index in [1.54, 1.807) is 11.6 Å². The summed E-state index contributed by atoms with van der Waals surface area (Å²) in [5.74, 6) is -0.444. The van der Waals surface area contributed by atoms with Crippen molar-refractivity contribution in [1.29, 1.82) is 0 Å². The number of amides is 3. The first-order valence-electron chi connectivity index (χ1n) is 8.74. The van der Waals surface area contributed by atoms with E-state index in [0.717, 1.165) is 16.8 Å². The van der Waals surface area contributed by atoms with Crippen LogP contribution < -0.4 is 10.6 Å². The maximum atomic E-state index is 12.8. The van der Waals surface area contributed by atoms with Crippen molar-refractivity contribution in [3.8, 4) is 5.69 Å². The lowest BCUT2D eigenvalue weighted by molar-refractivity contribution is -0.119. The molecule has 0 aliphatic rings. The second-order valence-electron chi connectivity index (χ2n) is 5.97. The third-order valence-electron chi connectivity index (χ3n) is 3.86. The van der Waals surface area contributed by atoms with Crippen molar-refractivity contribution in [1.82, 2.24) is 30.8 Å². The minimum absolute atomic E-state index is 0.425. The molecule has 3 rings (SSSR count). The van der Waals surface area contributed by atoms with Crippen molar-refractivity contribution >= 4 is 23.7 Å². The number of benzene rings is 2. The number of aromatic nitrogens is 4. The molecular weight excluding hydrogens is 376 g/mol. The molecular formula is C19H20N6O2S. The summed E-state index contributed by atoms with van der Waals surface area (Å²) in [7, 11) is 0. The molecule has 1 atom stereocenters. The zero-order chi connectivity index (χ0) is 19.9. The molecule has 0 spiro atoms. The van der Waals surface area contributed by atoms with Crippen molar-refractivity contribution in [2.24, 2.45) is 0 Å². The predicted molar refractivity (Wildman–Crippen MR) is 106 cm³/mol. The lowest BCUT2D eigenvalue weighted by Crippen LogP contribution is -2.41. The first-order chi connectivity index (χ1) is 13.6. The average molecular weight is 396 g/mol. The molecule has 0 radical (unpaired) electrons. The van der Waals surface area contributed by atoms with Crippen LogP contribution in [0.3, 0.4) is 0 Å². The molecule has 0 aliphatic carbocycles. The molecule has 2 N–H and O–H groups in total. The van der Waals surface area contributed by atoms with Crippen LogP contribution in [0.2, 0.25) is 0 Å². The first-order valence-corrected chi connectivity index (χ1v) is 9.62. The molecule has 1 aromatic heterocycles. The summed E-state index contributed by atoms with van der Waals surface area (Å²) >= 11 is 1.18. The van der Waals surface area contributed by atoms with Gasteiger partial charge in [-0.15, -0.1) is 5.10 Å². The standard InChI is InChI=1S/C19H20N6O2S/c1-3-20-18(27)21-17(26)16(14-7-5-4-6-8-14)28-19-22-23-24-25(19)15-11-9-13(2)10-12-15/h4-12,16H,3H2,1-2H3,(H2,20,21,26,27)/t16-/m1/s1. The fourth-order valence-corrected chi connectivity index (χ4v) is 3.48. The molecule has 2 aromatic carbocycles. The summed E-state index contributed by atoms with van der Waals surface area (Å²) in [6.45, 7) is 4.20.